The molecule has 1 amide bonds. The van der Waals surface area contributed by atoms with Gasteiger partial charge in [-0.05, 0) is 29.1 Å². The molecule has 2 aromatic carbocycles. The van der Waals surface area contributed by atoms with Gasteiger partial charge in [0.2, 0.25) is 0 Å². The van der Waals surface area contributed by atoms with Crippen LogP contribution in [0.2, 0.25) is 0 Å². The number of rotatable bonds is 7. The molecule has 0 aliphatic heterocycles. The molecular formula is C20H17NO3S. The molecule has 0 bridgehead atoms. The summed E-state index contributed by atoms with van der Waals surface area (Å²) in [5.74, 6) is 0.156. The Kier molecular flexibility index (Phi) is 5.59. The Bertz CT molecular complexity index is 831. The Morgan fingerprint density at radius 3 is 2.52 bits per heavy atom. The second-order valence-electron chi connectivity index (χ2n) is 5.37. The topological polar surface area (TPSA) is 55.4 Å². The summed E-state index contributed by atoms with van der Waals surface area (Å²) in [5.41, 5.74) is 1.43. The number of aldehydes is 1. The molecule has 0 spiro atoms. The molecule has 0 radical (unpaired) electrons. The van der Waals surface area contributed by atoms with Gasteiger partial charge in [0.05, 0.1) is 11.6 Å². The van der Waals surface area contributed by atoms with E-state index in [1.807, 2.05) is 47.8 Å². The average molecular weight is 351 g/mol. The molecule has 1 N–H and O–H groups in total. The lowest BCUT2D eigenvalue weighted by atomic mass is 10.1. The van der Waals surface area contributed by atoms with Gasteiger partial charge in [0.15, 0.2) is 12.9 Å². The third-order valence-corrected chi connectivity index (χ3v) is 4.61. The average Bonchev–Trinajstić information content (AvgIpc) is 3.20. The van der Waals surface area contributed by atoms with E-state index in [2.05, 4.69) is 5.32 Å². The highest BCUT2D eigenvalue weighted by Gasteiger charge is 2.18. The molecule has 0 saturated carbocycles. The summed E-state index contributed by atoms with van der Waals surface area (Å²) in [5, 5.41) is 4.98. The fraction of sp³-hybridized carbons (Fsp3) is 0.100. The predicted octanol–water partition coefficient (Wildman–Crippen LogP) is 3.85. The molecule has 126 valence electrons. The minimum absolute atomic E-state index is 0.153. The number of ether oxygens (including phenoxy) is 1. The van der Waals surface area contributed by atoms with Gasteiger partial charge in [-0.3, -0.25) is 9.59 Å². The van der Waals surface area contributed by atoms with E-state index >= 15 is 0 Å². The minimum Gasteiger partial charge on any atom is -0.483 e. The summed E-state index contributed by atoms with van der Waals surface area (Å²) in [6.45, 7) is -0.153. The molecule has 3 rings (SSSR count). The van der Waals surface area contributed by atoms with Crippen molar-refractivity contribution >= 4 is 23.5 Å². The van der Waals surface area contributed by atoms with Crippen LogP contribution in [0, 0.1) is 0 Å². The first kappa shape index (κ1) is 16.9. The molecule has 1 atom stereocenters. The van der Waals surface area contributed by atoms with Crippen LogP contribution in [0.1, 0.15) is 26.8 Å². The van der Waals surface area contributed by atoms with Crippen LogP contribution < -0.4 is 10.1 Å². The van der Waals surface area contributed by atoms with Crippen molar-refractivity contribution in [3.05, 3.63) is 88.1 Å². The minimum atomic E-state index is -0.247. The van der Waals surface area contributed by atoms with E-state index in [1.54, 1.807) is 35.6 Å². The zero-order valence-electron chi connectivity index (χ0n) is 13.4. The van der Waals surface area contributed by atoms with E-state index in [-0.39, 0.29) is 18.6 Å². The molecule has 4 nitrogen and oxygen atoms in total. The lowest BCUT2D eigenvalue weighted by Crippen LogP contribution is -2.33. The highest BCUT2D eigenvalue weighted by Crippen LogP contribution is 2.26. The molecule has 0 fully saturated rings. The van der Waals surface area contributed by atoms with Gasteiger partial charge >= 0.3 is 0 Å². The number of hydrogen-bond acceptors (Lipinski definition) is 4. The Balaban J connectivity index is 1.70. The summed E-state index contributed by atoms with van der Waals surface area (Å²) in [7, 11) is 0. The molecule has 5 heteroatoms. The van der Waals surface area contributed by atoms with E-state index in [0.29, 0.717) is 17.6 Å². The van der Waals surface area contributed by atoms with Gasteiger partial charge in [0, 0.05) is 4.88 Å². The van der Waals surface area contributed by atoms with Gasteiger partial charge in [0.1, 0.15) is 5.75 Å². The number of hydrogen-bond donors (Lipinski definition) is 1. The first-order valence-electron chi connectivity index (χ1n) is 7.82. The third-order valence-electron chi connectivity index (χ3n) is 3.67. The Morgan fingerprint density at radius 2 is 1.80 bits per heavy atom. The zero-order chi connectivity index (χ0) is 17.5. The monoisotopic (exact) mass is 351 g/mol. The number of benzene rings is 2. The molecule has 1 aromatic heterocycles. The molecule has 3 aromatic rings. The van der Waals surface area contributed by atoms with E-state index in [1.165, 1.54) is 0 Å². The van der Waals surface area contributed by atoms with Gasteiger partial charge in [-0.2, -0.15) is 0 Å². The largest absolute Gasteiger partial charge is 0.483 e. The predicted molar refractivity (Wildman–Crippen MR) is 98.1 cm³/mol. The SMILES string of the molecule is O=Cc1ccccc1OCC(=O)N[C@@H](c1ccccc1)c1cccs1. The van der Waals surface area contributed by atoms with Gasteiger partial charge in [-0.15, -0.1) is 11.3 Å². The van der Waals surface area contributed by atoms with Crippen molar-refractivity contribution in [3.63, 3.8) is 0 Å². The van der Waals surface area contributed by atoms with Crippen LogP contribution in [0.15, 0.2) is 72.1 Å². The fourth-order valence-corrected chi connectivity index (χ4v) is 3.28. The number of amides is 1. The Labute approximate surface area is 150 Å². The molecule has 0 unspecified atom stereocenters. The maximum atomic E-state index is 12.4. The van der Waals surface area contributed by atoms with Crippen molar-refractivity contribution in [2.24, 2.45) is 0 Å². The number of thiophene rings is 1. The van der Waals surface area contributed by atoms with Crippen molar-refractivity contribution in [3.8, 4) is 5.75 Å². The number of carbonyl (C=O) groups is 2. The van der Waals surface area contributed by atoms with Crippen molar-refractivity contribution in [1.82, 2.24) is 5.32 Å². The van der Waals surface area contributed by atoms with Crippen molar-refractivity contribution in [1.29, 1.82) is 0 Å². The lowest BCUT2D eigenvalue weighted by Gasteiger charge is -2.18. The maximum absolute atomic E-state index is 12.4. The van der Waals surface area contributed by atoms with Crippen LogP contribution in [0.3, 0.4) is 0 Å². The molecule has 0 aliphatic carbocycles. The second-order valence-corrected chi connectivity index (χ2v) is 6.35. The molecule has 0 aliphatic rings. The highest BCUT2D eigenvalue weighted by atomic mass is 32.1. The molecular weight excluding hydrogens is 334 g/mol. The van der Waals surface area contributed by atoms with Gasteiger partial charge < -0.3 is 10.1 Å². The Hall–Kier alpha value is -2.92. The van der Waals surface area contributed by atoms with Crippen LogP contribution in [0.5, 0.6) is 5.75 Å². The van der Waals surface area contributed by atoms with Gasteiger partial charge in [-0.25, -0.2) is 0 Å². The van der Waals surface area contributed by atoms with E-state index < -0.39 is 0 Å². The number of carbonyl (C=O) groups excluding carboxylic acids is 2. The number of para-hydroxylation sites is 1. The molecule has 0 saturated heterocycles. The summed E-state index contributed by atoms with van der Waals surface area (Å²) in [4.78, 5) is 24.4. The summed E-state index contributed by atoms with van der Waals surface area (Å²) in [6, 6.07) is 20.3. The van der Waals surface area contributed by atoms with Crippen LogP contribution in [-0.2, 0) is 4.79 Å². The van der Waals surface area contributed by atoms with E-state index in [0.717, 1.165) is 10.4 Å². The zero-order valence-corrected chi connectivity index (χ0v) is 14.2. The van der Waals surface area contributed by atoms with Crippen LogP contribution in [0.4, 0.5) is 0 Å². The van der Waals surface area contributed by atoms with E-state index in [4.69, 9.17) is 4.74 Å². The van der Waals surface area contributed by atoms with Crippen molar-refractivity contribution in [2.75, 3.05) is 6.61 Å². The number of nitrogens with one attached hydrogen (secondary N) is 1. The third kappa shape index (κ3) is 4.33. The van der Waals surface area contributed by atoms with Gasteiger partial charge in [0.25, 0.3) is 5.91 Å². The van der Waals surface area contributed by atoms with Crippen LogP contribution >= 0.6 is 11.3 Å². The second kappa shape index (κ2) is 8.26. The normalized spacial score (nSPS) is 11.5. The highest BCUT2D eigenvalue weighted by molar-refractivity contribution is 7.10. The van der Waals surface area contributed by atoms with Gasteiger partial charge in [-0.1, -0.05) is 48.5 Å². The summed E-state index contributed by atoms with van der Waals surface area (Å²) < 4.78 is 5.50. The van der Waals surface area contributed by atoms with Crippen LogP contribution in [-0.4, -0.2) is 18.8 Å². The molecule has 25 heavy (non-hydrogen) atoms. The lowest BCUT2D eigenvalue weighted by molar-refractivity contribution is -0.123. The summed E-state index contributed by atoms with van der Waals surface area (Å²) >= 11 is 1.59. The van der Waals surface area contributed by atoms with Crippen LogP contribution in [0.25, 0.3) is 0 Å². The maximum Gasteiger partial charge on any atom is 0.258 e. The van der Waals surface area contributed by atoms with Crippen molar-refractivity contribution in [2.45, 2.75) is 6.04 Å². The quantitative estimate of drug-likeness (QED) is 0.658. The summed E-state index contributed by atoms with van der Waals surface area (Å²) in [6.07, 6.45) is 0.714. The fourth-order valence-electron chi connectivity index (χ4n) is 2.48. The molecule has 1 heterocycles. The first-order valence-corrected chi connectivity index (χ1v) is 8.70. The van der Waals surface area contributed by atoms with Crippen molar-refractivity contribution < 1.29 is 14.3 Å². The van der Waals surface area contributed by atoms with E-state index in [9.17, 15) is 9.59 Å². The Morgan fingerprint density at radius 1 is 1.04 bits per heavy atom. The standard InChI is InChI=1S/C20H17NO3S/c22-13-16-9-4-5-10-17(16)24-14-19(23)21-20(18-11-6-12-25-18)15-7-2-1-3-8-15/h1-13,20H,14H2,(H,21,23)/t20-/m0/s1. The first-order chi connectivity index (χ1) is 12.3. The smallest absolute Gasteiger partial charge is 0.258 e.